The lowest BCUT2D eigenvalue weighted by Gasteiger charge is -2.29. The van der Waals surface area contributed by atoms with Crippen molar-refractivity contribution in [3.05, 3.63) is 18.0 Å². The second-order valence-corrected chi connectivity index (χ2v) is 6.62. The van der Waals surface area contributed by atoms with E-state index in [9.17, 15) is 0 Å². The Kier molecular flexibility index (Phi) is 3.52. The van der Waals surface area contributed by atoms with Crippen molar-refractivity contribution in [1.29, 1.82) is 0 Å². The molecule has 2 atom stereocenters. The van der Waals surface area contributed by atoms with Gasteiger partial charge in [0.2, 0.25) is 0 Å². The summed E-state index contributed by atoms with van der Waals surface area (Å²) >= 11 is 0. The third kappa shape index (κ3) is 2.45. The molecule has 0 aliphatic carbocycles. The molecule has 102 valence electrons. The van der Waals surface area contributed by atoms with Crippen molar-refractivity contribution in [2.24, 2.45) is 5.73 Å². The molecule has 1 saturated heterocycles. The molecule has 4 nitrogen and oxygen atoms in total. The lowest BCUT2D eigenvalue weighted by atomic mass is 10.0. The fraction of sp³-hybridized carbons (Fsp3) is 0.786. The molecule has 1 fully saturated rings. The van der Waals surface area contributed by atoms with Gasteiger partial charge in [-0.3, -0.25) is 9.58 Å². The Morgan fingerprint density at radius 1 is 1.39 bits per heavy atom. The minimum absolute atomic E-state index is 0.0314. The van der Waals surface area contributed by atoms with Gasteiger partial charge in [0.05, 0.1) is 17.8 Å². The fourth-order valence-electron chi connectivity index (χ4n) is 2.72. The highest BCUT2D eigenvalue weighted by atomic mass is 15.3. The van der Waals surface area contributed by atoms with Gasteiger partial charge < -0.3 is 5.73 Å². The zero-order valence-electron chi connectivity index (χ0n) is 12.2. The predicted molar refractivity (Wildman–Crippen MR) is 74.4 cm³/mol. The SMILES string of the molecule is CC(C)N1CC[C@H](N)[C@H]1c1cnn(C(C)(C)C)c1. The van der Waals surface area contributed by atoms with Crippen LogP contribution >= 0.6 is 0 Å². The van der Waals surface area contributed by atoms with Gasteiger partial charge in [-0.1, -0.05) is 0 Å². The van der Waals surface area contributed by atoms with Crippen molar-refractivity contribution < 1.29 is 0 Å². The number of rotatable bonds is 2. The second kappa shape index (κ2) is 4.67. The third-order valence-electron chi connectivity index (χ3n) is 3.78. The molecule has 0 radical (unpaired) electrons. The Morgan fingerprint density at radius 3 is 2.56 bits per heavy atom. The van der Waals surface area contributed by atoms with Crippen molar-refractivity contribution in [2.75, 3.05) is 6.54 Å². The largest absolute Gasteiger partial charge is 0.326 e. The van der Waals surface area contributed by atoms with Gasteiger partial charge >= 0.3 is 0 Å². The molecule has 0 amide bonds. The summed E-state index contributed by atoms with van der Waals surface area (Å²) in [6.45, 7) is 12.1. The van der Waals surface area contributed by atoms with Crippen LogP contribution in [-0.4, -0.2) is 33.3 Å². The average molecular weight is 250 g/mol. The Labute approximate surface area is 110 Å². The minimum Gasteiger partial charge on any atom is -0.326 e. The van der Waals surface area contributed by atoms with E-state index in [0.717, 1.165) is 13.0 Å². The molecule has 0 saturated carbocycles. The van der Waals surface area contributed by atoms with Gasteiger partial charge in [-0.2, -0.15) is 5.10 Å². The first kappa shape index (κ1) is 13.6. The molecular formula is C14H26N4. The van der Waals surface area contributed by atoms with Crippen LogP contribution in [0.2, 0.25) is 0 Å². The zero-order chi connectivity index (χ0) is 13.5. The van der Waals surface area contributed by atoms with Crippen molar-refractivity contribution in [1.82, 2.24) is 14.7 Å². The minimum atomic E-state index is 0.0314. The fourth-order valence-corrected chi connectivity index (χ4v) is 2.72. The molecule has 18 heavy (non-hydrogen) atoms. The van der Waals surface area contributed by atoms with E-state index >= 15 is 0 Å². The van der Waals surface area contributed by atoms with Crippen molar-refractivity contribution in [3.8, 4) is 0 Å². The quantitative estimate of drug-likeness (QED) is 0.874. The van der Waals surface area contributed by atoms with Crippen LogP contribution in [0.3, 0.4) is 0 Å². The summed E-state index contributed by atoms with van der Waals surface area (Å²) in [5.41, 5.74) is 7.56. The number of hydrogen-bond acceptors (Lipinski definition) is 3. The first-order valence-corrected chi connectivity index (χ1v) is 6.87. The van der Waals surface area contributed by atoms with Crippen LogP contribution in [0.15, 0.2) is 12.4 Å². The summed E-state index contributed by atoms with van der Waals surface area (Å²) in [7, 11) is 0. The van der Waals surface area contributed by atoms with E-state index in [2.05, 4.69) is 50.8 Å². The van der Waals surface area contributed by atoms with Crippen LogP contribution in [0, 0.1) is 0 Å². The first-order valence-electron chi connectivity index (χ1n) is 6.87. The molecule has 2 heterocycles. The summed E-state index contributed by atoms with van der Waals surface area (Å²) in [5, 5.41) is 4.49. The second-order valence-electron chi connectivity index (χ2n) is 6.62. The molecule has 1 aliphatic heterocycles. The van der Waals surface area contributed by atoms with Crippen molar-refractivity contribution >= 4 is 0 Å². The zero-order valence-corrected chi connectivity index (χ0v) is 12.2. The van der Waals surface area contributed by atoms with Crippen LogP contribution in [-0.2, 0) is 5.54 Å². The topological polar surface area (TPSA) is 47.1 Å². The molecule has 0 unspecified atom stereocenters. The maximum Gasteiger partial charge on any atom is 0.0543 e. The van der Waals surface area contributed by atoms with E-state index < -0.39 is 0 Å². The highest BCUT2D eigenvalue weighted by Gasteiger charge is 2.35. The van der Waals surface area contributed by atoms with Crippen LogP contribution in [0.1, 0.15) is 52.6 Å². The first-order chi connectivity index (χ1) is 8.30. The summed E-state index contributed by atoms with van der Waals surface area (Å²) in [6.07, 6.45) is 5.21. The molecular weight excluding hydrogens is 224 g/mol. The summed E-state index contributed by atoms with van der Waals surface area (Å²) < 4.78 is 2.03. The van der Waals surface area contributed by atoms with Crippen LogP contribution in [0.4, 0.5) is 0 Å². The maximum atomic E-state index is 6.28. The van der Waals surface area contributed by atoms with E-state index in [1.807, 2.05) is 10.9 Å². The van der Waals surface area contributed by atoms with E-state index in [1.165, 1.54) is 5.56 Å². The Morgan fingerprint density at radius 2 is 2.06 bits per heavy atom. The molecule has 1 aromatic heterocycles. The lowest BCUT2D eigenvalue weighted by molar-refractivity contribution is 0.198. The maximum absolute atomic E-state index is 6.28. The van der Waals surface area contributed by atoms with E-state index in [1.54, 1.807) is 0 Å². The molecule has 2 rings (SSSR count). The molecule has 4 heteroatoms. The number of likely N-dealkylation sites (tertiary alicyclic amines) is 1. The van der Waals surface area contributed by atoms with Gasteiger partial charge in [0.15, 0.2) is 0 Å². The molecule has 0 bridgehead atoms. The number of hydrogen-bond donors (Lipinski definition) is 1. The van der Waals surface area contributed by atoms with E-state index in [0.29, 0.717) is 12.1 Å². The summed E-state index contributed by atoms with van der Waals surface area (Å²) in [5.74, 6) is 0. The van der Waals surface area contributed by atoms with Crippen LogP contribution in [0.25, 0.3) is 0 Å². The Balaban J connectivity index is 2.27. The molecule has 0 aromatic carbocycles. The molecule has 0 spiro atoms. The normalized spacial score (nSPS) is 26.2. The summed E-state index contributed by atoms with van der Waals surface area (Å²) in [4.78, 5) is 2.48. The Hall–Kier alpha value is -0.870. The highest BCUT2D eigenvalue weighted by molar-refractivity contribution is 5.17. The smallest absolute Gasteiger partial charge is 0.0543 e. The van der Waals surface area contributed by atoms with Gasteiger partial charge in [0.1, 0.15) is 0 Å². The molecule has 1 aliphatic rings. The average Bonchev–Trinajstić information content (AvgIpc) is 2.81. The van der Waals surface area contributed by atoms with Crippen LogP contribution in [0.5, 0.6) is 0 Å². The van der Waals surface area contributed by atoms with Crippen LogP contribution < -0.4 is 5.73 Å². The third-order valence-corrected chi connectivity index (χ3v) is 3.78. The monoisotopic (exact) mass is 250 g/mol. The number of nitrogens with zero attached hydrogens (tertiary/aromatic N) is 3. The highest BCUT2D eigenvalue weighted by Crippen LogP contribution is 2.33. The number of aromatic nitrogens is 2. The Bertz CT molecular complexity index is 402. The molecule has 2 N–H and O–H groups in total. The van der Waals surface area contributed by atoms with Crippen molar-refractivity contribution in [2.45, 2.75) is 64.7 Å². The lowest BCUT2D eigenvalue weighted by Crippen LogP contribution is -2.35. The van der Waals surface area contributed by atoms with Gasteiger partial charge in [-0.15, -0.1) is 0 Å². The van der Waals surface area contributed by atoms with Gasteiger partial charge in [-0.05, 0) is 41.0 Å². The van der Waals surface area contributed by atoms with Gasteiger partial charge in [0, 0.05) is 30.4 Å². The predicted octanol–water partition coefficient (Wildman–Crippen LogP) is 2.12. The summed E-state index contributed by atoms with van der Waals surface area (Å²) in [6, 6.07) is 1.08. The number of nitrogens with two attached hydrogens (primary N) is 1. The van der Waals surface area contributed by atoms with Gasteiger partial charge in [-0.25, -0.2) is 0 Å². The van der Waals surface area contributed by atoms with E-state index in [-0.39, 0.29) is 11.6 Å². The van der Waals surface area contributed by atoms with Gasteiger partial charge in [0.25, 0.3) is 0 Å². The van der Waals surface area contributed by atoms with E-state index in [4.69, 9.17) is 5.73 Å². The van der Waals surface area contributed by atoms with Crippen molar-refractivity contribution in [3.63, 3.8) is 0 Å². The molecule has 1 aromatic rings. The standard InChI is InChI=1S/C14H26N4/c1-10(2)17-7-6-12(15)13(17)11-8-16-18(9-11)14(3,4)5/h8-10,12-13H,6-7,15H2,1-5H3/t12-,13+/m0/s1.